The highest BCUT2D eigenvalue weighted by Gasteiger charge is 2.32. The summed E-state index contributed by atoms with van der Waals surface area (Å²) in [6.45, 7) is 10.6. The second-order valence-electron chi connectivity index (χ2n) is 11.6. The molecule has 3 aromatic rings. The molecule has 1 unspecified atom stereocenters. The fourth-order valence-corrected chi connectivity index (χ4v) is 5.19. The van der Waals surface area contributed by atoms with Gasteiger partial charge in [-0.1, -0.05) is 43.9 Å². The van der Waals surface area contributed by atoms with Crippen LogP contribution >= 0.6 is 0 Å². The molecule has 11 nitrogen and oxygen atoms in total. The molecule has 1 aromatic carbocycles. The molecular weight excluding hydrogens is 583 g/mol. The number of halogens is 3. The molecule has 0 aliphatic carbocycles. The molecule has 1 amide bonds. The molecule has 1 fully saturated rings. The number of aromatic nitrogens is 4. The maximum absolute atomic E-state index is 13.0. The normalized spacial score (nSPS) is 15.3. The van der Waals surface area contributed by atoms with Crippen LogP contribution < -0.4 is 10.5 Å². The molecule has 0 N–H and O–H groups in total. The number of amides is 1. The predicted molar refractivity (Wildman–Crippen MR) is 159 cm³/mol. The van der Waals surface area contributed by atoms with E-state index >= 15 is 0 Å². The van der Waals surface area contributed by atoms with Crippen molar-refractivity contribution >= 4 is 36.9 Å². The number of fused-ring (bicyclic) bond motifs is 1. The maximum Gasteiger partial charge on any atom is 0.419 e. The largest absolute Gasteiger partial charge is 0.419 e. The van der Waals surface area contributed by atoms with Gasteiger partial charge in [-0.25, -0.2) is 14.6 Å². The standard InChI is InChI=1S/C28H36F3N7O4Si/c1-20(22-6-5-7-23-24(22)17-34-38(26(23)40)19-41-12-13-43(2,3)4)14-35-42-18-25(39)36-8-10-37(11-9-36)27-32-15-21(16-33-27)28(29,30)31/h5-7,14-17,20H,8-13,18-19H2,1-4H3/b35-14+. The molecule has 1 atom stereocenters. The Balaban J connectivity index is 1.27. The number of piperazine rings is 1. The molecule has 1 aliphatic rings. The fraction of sp³-hybridized carbons (Fsp3) is 0.500. The van der Waals surface area contributed by atoms with Gasteiger partial charge in [0.1, 0.15) is 6.73 Å². The van der Waals surface area contributed by atoms with Crippen molar-refractivity contribution in [2.75, 3.05) is 44.3 Å². The molecule has 43 heavy (non-hydrogen) atoms. The highest BCUT2D eigenvalue weighted by Crippen LogP contribution is 2.28. The molecule has 2 aromatic heterocycles. The fourth-order valence-electron chi connectivity index (χ4n) is 4.44. The van der Waals surface area contributed by atoms with E-state index in [1.165, 1.54) is 4.68 Å². The smallest absolute Gasteiger partial charge is 0.386 e. The first-order valence-electron chi connectivity index (χ1n) is 14.0. The van der Waals surface area contributed by atoms with E-state index in [2.05, 4.69) is 39.9 Å². The monoisotopic (exact) mass is 619 g/mol. The Morgan fingerprint density at radius 1 is 1.09 bits per heavy atom. The summed E-state index contributed by atoms with van der Waals surface area (Å²) in [7, 11) is -1.23. The molecule has 0 spiro atoms. The van der Waals surface area contributed by atoms with Gasteiger partial charge in [0.2, 0.25) is 5.95 Å². The topological polar surface area (TPSA) is 115 Å². The Bertz CT molecular complexity index is 1480. The molecule has 0 saturated carbocycles. The highest BCUT2D eigenvalue weighted by molar-refractivity contribution is 6.76. The van der Waals surface area contributed by atoms with E-state index < -0.39 is 19.8 Å². The van der Waals surface area contributed by atoms with Crippen molar-refractivity contribution in [1.82, 2.24) is 24.6 Å². The Morgan fingerprint density at radius 2 is 1.79 bits per heavy atom. The van der Waals surface area contributed by atoms with Crippen molar-refractivity contribution in [1.29, 1.82) is 0 Å². The van der Waals surface area contributed by atoms with Gasteiger partial charge in [0.05, 0.1) is 23.4 Å². The minimum Gasteiger partial charge on any atom is -0.386 e. The van der Waals surface area contributed by atoms with Crippen LogP contribution in [0.15, 0.2) is 46.7 Å². The van der Waals surface area contributed by atoms with Crippen LogP contribution in [0.5, 0.6) is 0 Å². The predicted octanol–water partition coefficient (Wildman–Crippen LogP) is 3.97. The quantitative estimate of drug-likeness (QED) is 0.137. The van der Waals surface area contributed by atoms with Crippen LogP contribution in [0.25, 0.3) is 10.8 Å². The summed E-state index contributed by atoms with van der Waals surface area (Å²) in [6.07, 6.45) is 0.222. The van der Waals surface area contributed by atoms with Crippen LogP contribution in [0.1, 0.15) is 24.0 Å². The lowest BCUT2D eigenvalue weighted by Gasteiger charge is -2.34. The second-order valence-corrected chi connectivity index (χ2v) is 17.2. The molecule has 3 heterocycles. The lowest BCUT2D eigenvalue weighted by molar-refractivity contribution is -0.138. The number of oxime groups is 1. The third kappa shape index (κ3) is 8.60. The molecular formula is C28H36F3N7O4Si. The van der Waals surface area contributed by atoms with E-state index in [0.29, 0.717) is 43.6 Å². The number of nitrogens with zero attached hydrogens (tertiary/aromatic N) is 7. The number of carbonyl (C=O) groups excluding carboxylic acids is 1. The zero-order chi connectivity index (χ0) is 31.2. The van der Waals surface area contributed by atoms with E-state index in [9.17, 15) is 22.8 Å². The van der Waals surface area contributed by atoms with Crippen LogP contribution in [0, 0.1) is 0 Å². The van der Waals surface area contributed by atoms with E-state index in [-0.39, 0.29) is 36.7 Å². The van der Waals surface area contributed by atoms with Gasteiger partial charge in [-0.2, -0.15) is 18.3 Å². The summed E-state index contributed by atoms with van der Waals surface area (Å²) in [5.74, 6) is -0.306. The van der Waals surface area contributed by atoms with Gasteiger partial charge in [-0.05, 0) is 17.7 Å². The first kappa shape index (κ1) is 32.1. The van der Waals surface area contributed by atoms with Gasteiger partial charge in [0.15, 0.2) is 6.61 Å². The summed E-state index contributed by atoms with van der Waals surface area (Å²) in [5, 5.41) is 9.51. The zero-order valence-electron chi connectivity index (χ0n) is 24.7. The summed E-state index contributed by atoms with van der Waals surface area (Å²) >= 11 is 0. The zero-order valence-corrected chi connectivity index (χ0v) is 25.7. The van der Waals surface area contributed by atoms with Gasteiger partial charge in [-0.3, -0.25) is 9.59 Å². The summed E-state index contributed by atoms with van der Waals surface area (Å²) in [4.78, 5) is 41.8. The minimum absolute atomic E-state index is 0.0975. The van der Waals surface area contributed by atoms with Crippen LogP contribution in [0.4, 0.5) is 19.1 Å². The number of anilines is 1. The van der Waals surface area contributed by atoms with Crippen LogP contribution in [-0.2, 0) is 27.3 Å². The Hall–Kier alpha value is -3.85. The average molecular weight is 620 g/mol. The molecule has 0 radical (unpaired) electrons. The Labute approximate surface area is 248 Å². The van der Waals surface area contributed by atoms with Gasteiger partial charge in [0, 0.05) is 64.6 Å². The number of ether oxygens (including phenoxy) is 1. The minimum atomic E-state index is -4.50. The third-order valence-corrected chi connectivity index (χ3v) is 8.76. The molecule has 0 bridgehead atoms. The van der Waals surface area contributed by atoms with Gasteiger partial charge in [0.25, 0.3) is 11.5 Å². The van der Waals surface area contributed by atoms with Crippen LogP contribution in [0.3, 0.4) is 0 Å². The van der Waals surface area contributed by atoms with Crippen LogP contribution in [0.2, 0.25) is 25.7 Å². The highest BCUT2D eigenvalue weighted by atomic mass is 28.3. The van der Waals surface area contributed by atoms with E-state index in [0.717, 1.165) is 24.0 Å². The lowest BCUT2D eigenvalue weighted by Crippen LogP contribution is -2.50. The van der Waals surface area contributed by atoms with Gasteiger partial charge in [-0.15, -0.1) is 0 Å². The average Bonchev–Trinajstić information content (AvgIpc) is 2.97. The number of hydrogen-bond acceptors (Lipinski definition) is 9. The second kappa shape index (κ2) is 13.6. The van der Waals surface area contributed by atoms with Crippen LogP contribution in [-0.4, -0.2) is 84.2 Å². The number of hydrogen-bond donors (Lipinski definition) is 0. The summed E-state index contributed by atoms with van der Waals surface area (Å²) < 4.78 is 45.2. The summed E-state index contributed by atoms with van der Waals surface area (Å²) in [5.41, 5.74) is -0.302. The number of benzene rings is 1. The first-order chi connectivity index (χ1) is 20.3. The summed E-state index contributed by atoms with van der Waals surface area (Å²) in [6, 6.07) is 6.45. The van der Waals surface area contributed by atoms with Crippen molar-refractivity contribution < 1.29 is 27.5 Å². The van der Waals surface area contributed by atoms with Crippen molar-refractivity contribution in [2.24, 2.45) is 5.16 Å². The third-order valence-electron chi connectivity index (χ3n) is 7.06. The Kier molecular flexibility index (Phi) is 10.2. The van der Waals surface area contributed by atoms with Crippen molar-refractivity contribution in [2.45, 2.75) is 51.4 Å². The maximum atomic E-state index is 13.0. The molecule has 4 rings (SSSR count). The van der Waals surface area contributed by atoms with E-state index in [1.807, 2.05) is 13.0 Å². The lowest BCUT2D eigenvalue weighted by atomic mass is 9.97. The van der Waals surface area contributed by atoms with Crippen molar-refractivity contribution in [3.05, 3.63) is 58.3 Å². The van der Waals surface area contributed by atoms with Gasteiger partial charge >= 0.3 is 6.18 Å². The Morgan fingerprint density at radius 3 is 2.44 bits per heavy atom. The molecule has 1 aliphatic heterocycles. The molecule has 15 heteroatoms. The molecule has 1 saturated heterocycles. The van der Waals surface area contributed by atoms with E-state index in [4.69, 9.17) is 9.57 Å². The van der Waals surface area contributed by atoms with Crippen molar-refractivity contribution in [3.8, 4) is 0 Å². The number of carbonyl (C=O) groups is 1. The van der Waals surface area contributed by atoms with Crippen molar-refractivity contribution in [3.63, 3.8) is 0 Å². The van der Waals surface area contributed by atoms with E-state index in [1.54, 1.807) is 34.3 Å². The number of rotatable bonds is 11. The number of alkyl halides is 3. The van der Waals surface area contributed by atoms with Gasteiger partial charge < -0.3 is 19.4 Å². The molecule has 232 valence electrons. The SMILES string of the molecule is CC(/C=N/OCC(=O)N1CCN(c2ncc(C(F)(F)F)cn2)CC1)c1cccc2c(=O)n(COCC[Si](C)(C)C)ncc12. The first-order valence-corrected chi connectivity index (χ1v) is 17.7.